The first kappa shape index (κ1) is 22.1. The van der Waals surface area contributed by atoms with E-state index < -0.39 is 35.9 Å². The molecule has 0 saturated carbocycles. The number of nitrogens with one attached hydrogen (secondary N) is 1. The fourth-order valence-corrected chi connectivity index (χ4v) is 3.75. The average molecular weight is 434 g/mol. The summed E-state index contributed by atoms with van der Waals surface area (Å²) >= 11 is 0. The first-order valence-electron chi connectivity index (χ1n) is 9.20. The Morgan fingerprint density at radius 3 is 2.53 bits per heavy atom. The van der Waals surface area contributed by atoms with Crippen LogP contribution in [-0.2, 0) is 11.0 Å². The topological polar surface area (TPSA) is 71.2 Å². The maximum atomic E-state index is 13.3. The zero-order chi connectivity index (χ0) is 22.3. The Bertz CT molecular complexity index is 929. The SMILES string of the molecule is C[C@H]1C[C@@H](NC(=O)C(N)C(F)(F)F)CN(c2ccc(C(F)(F)F)c3ncccc23)C1. The van der Waals surface area contributed by atoms with Crippen LogP contribution in [0.15, 0.2) is 30.5 Å². The molecule has 11 heteroatoms. The number of piperidine rings is 1. The monoisotopic (exact) mass is 434 g/mol. The minimum atomic E-state index is -4.86. The molecule has 30 heavy (non-hydrogen) atoms. The summed E-state index contributed by atoms with van der Waals surface area (Å²) in [4.78, 5) is 17.5. The number of carbonyl (C=O) groups is 1. The predicted octanol–water partition coefficient (Wildman–Crippen LogP) is 3.47. The van der Waals surface area contributed by atoms with Crippen LogP contribution < -0.4 is 16.0 Å². The minimum Gasteiger partial charge on any atom is -0.369 e. The van der Waals surface area contributed by atoms with Gasteiger partial charge >= 0.3 is 12.4 Å². The van der Waals surface area contributed by atoms with E-state index in [4.69, 9.17) is 5.73 Å². The number of carbonyl (C=O) groups excluding carboxylic acids is 1. The molecule has 0 aliphatic carbocycles. The smallest absolute Gasteiger partial charge is 0.369 e. The highest BCUT2D eigenvalue weighted by atomic mass is 19.4. The van der Waals surface area contributed by atoms with Gasteiger partial charge in [0.2, 0.25) is 5.91 Å². The summed E-state index contributed by atoms with van der Waals surface area (Å²) in [7, 11) is 0. The Kier molecular flexibility index (Phi) is 5.85. The number of amides is 1. The van der Waals surface area contributed by atoms with Crippen molar-refractivity contribution in [3.05, 3.63) is 36.0 Å². The van der Waals surface area contributed by atoms with Gasteiger partial charge in [0.1, 0.15) is 0 Å². The molecule has 5 nitrogen and oxygen atoms in total. The van der Waals surface area contributed by atoms with Crippen LogP contribution in [0.2, 0.25) is 0 Å². The quantitative estimate of drug-likeness (QED) is 0.726. The molecule has 164 valence electrons. The molecule has 0 spiro atoms. The van der Waals surface area contributed by atoms with Crippen molar-refractivity contribution in [2.45, 2.75) is 37.8 Å². The minimum absolute atomic E-state index is 0.0276. The van der Waals surface area contributed by atoms with Gasteiger partial charge in [-0.2, -0.15) is 26.3 Å². The number of nitrogens with zero attached hydrogens (tertiary/aromatic N) is 2. The Balaban J connectivity index is 1.89. The van der Waals surface area contributed by atoms with E-state index in [1.807, 2.05) is 6.92 Å². The normalized spacial score (nSPS) is 21.5. The zero-order valence-corrected chi connectivity index (χ0v) is 15.9. The first-order chi connectivity index (χ1) is 13.9. The molecule has 3 rings (SSSR count). The number of hydrogen-bond donors (Lipinski definition) is 2. The maximum Gasteiger partial charge on any atom is 0.418 e. The zero-order valence-electron chi connectivity index (χ0n) is 15.9. The lowest BCUT2D eigenvalue weighted by Crippen LogP contribution is -2.57. The second-order valence-corrected chi connectivity index (χ2v) is 7.50. The summed E-state index contributed by atoms with van der Waals surface area (Å²) in [5.41, 5.74) is 4.35. The molecule has 2 heterocycles. The van der Waals surface area contributed by atoms with Crippen LogP contribution >= 0.6 is 0 Å². The van der Waals surface area contributed by atoms with Gasteiger partial charge in [-0.3, -0.25) is 9.78 Å². The molecule has 1 aromatic heterocycles. The number of alkyl halides is 6. The van der Waals surface area contributed by atoms with Crippen molar-refractivity contribution in [1.82, 2.24) is 10.3 Å². The lowest BCUT2D eigenvalue weighted by Gasteiger charge is -2.39. The molecule has 1 aliphatic rings. The summed E-state index contributed by atoms with van der Waals surface area (Å²) in [6.45, 7) is 2.45. The van der Waals surface area contributed by atoms with Gasteiger partial charge < -0.3 is 16.0 Å². The van der Waals surface area contributed by atoms with Gasteiger partial charge in [0.05, 0.1) is 11.1 Å². The molecule has 3 atom stereocenters. The van der Waals surface area contributed by atoms with Gasteiger partial charge in [0.15, 0.2) is 6.04 Å². The van der Waals surface area contributed by atoms with Gasteiger partial charge in [0.25, 0.3) is 0 Å². The molecule has 1 fully saturated rings. The Labute approximate surface area is 168 Å². The summed E-state index contributed by atoms with van der Waals surface area (Å²) in [6.07, 6.45) is -7.75. The van der Waals surface area contributed by atoms with Crippen molar-refractivity contribution in [2.24, 2.45) is 11.7 Å². The summed E-state index contributed by atoms with van der Waals surface area (Å²) in [5, 5.41) is 2.59. The molecule has 1 saturated heterocycles. The third-order valence-electron chi connectivity index (χ3n) is 5.03. The molecule has 0 bridgehead atoms. The van der Waals surface area contributed by atoms with Gasteiger partial charge in [-0.25, -0.2) is 0 Å². The van der Waals surface area contributed by atoms with Gasteiger partial charge in [-0.05, 0) is 36.6 Å². The number of halogens is 6. The molecule has 1 unspecified atom stereocenters. The van der Waals surface area contributed by atoms with Crippen LogP contribution in [0.1, 0.15) is 18.9 Å². The second kappa shape index (κ2) is 7.93. The van der Waals surface area contributed by atoms with Crippen LogP contribution in [0.5, 0.6) is 0 Å². The van der Waals surface area contributed by atoms with Gasteiger partial charge in [0, 0.05) is 36.4 Å². The molecule has 1 aromatic carbocycles. The molecular weight excluding hydrogens is 414 g/mol. The summed E-state index contributed by atoms with van der Waals surface area (Å²) < 4.78 is 78.0. The molecule has 1 aliphatic heterocycles. The Morgan fingerprint density at radius 1 is 1.20 bits per heavy atom. The Morgan fingerprint density at radius 2 is 1.90 bits per heavy atom. The highest BCUT2D eigenvalue weighted by Crippen LogP contribution is 2.38. The number of rotatable bonds is 3. The van der Waals surface area contributed by atoms with E-state index in [9.17, 15) is 31.1 Å². The van der Waals surface area contributed by atoms with Crippen LogP contribution in [0, 0.1) is 5.92 Å². The fraction of sp³-hybridized carbons (Fsp3) is 0.474. The first-order valence-corrected chi connectivity index (χ1v) is 9.20. The third kappa shape index (κ3) is 4.61. The second-order valence-electron chi connectivity index (χ2n) is 7.50. The van der Waals surface area contributed by atoms with Crippen LogP contribution in [0.3, 0.4) is 0 Å². The molecular formula is C19H20F6N4O. The third-order valence-corrected chi connectivity index (χ3v) is 5.03. The Hall–Kier alpha value is -2.56. The fourth-order valence-electron chi connectivity index (χ4n) is 3.75. The number of benzene rings is 1. The lowest BCUT2D eigenvalue weighted by molar-refractivity contribution is -0.163. The van der Waals surface area contributed by atoms with E-state index in [1.54, 1.807) is 4.90 Å². The average Bonchev–Trinajstić information content (AvgIpc) is 2.64. The highest BCUT2D eigenvalue weighted by molar-refractivity contribution is 5.94. The van der Waals surface area contributed by atoms with Gasteiger partial charge in [-0.1, -0.05) is 6.92 Å². The molecule has 0 radical (unpaired) electrons. The van der Waals surface area contributed by atoms with E-state index in [0.717, 1.165) is 6.07 Å². The van der Waals surface area contributed by atoms with Crippen LogP contribution in [0.4, 0.5) is 32.0 Å². The maximum absolute atomic E-state index is 13.3. The van der Waals surface area contributed by atoms with Gasteiger partial charge in [-0.15, -0.1) is 0 Å². The van der Waals surface area contributed by atoms with E-state index in [-0.39, 0.29) is 23.4 Å². The molecule has 3 N–H and O–H groups in total. The van der Waals surface area contributed by atoms with Crippen molar-refractivity contribution >= 4 is 22.5 Å². The predicted molar refractivity (Wildman–Crippen MR) is 98.7 cm³/mol. The number of nitrogens with two attached hydrogens (primary N) is 1. The molecule has 1 amide bonds. The number of fused-ring (bicyclic) bond motifs is 1. The van der Waals surface area contributed by atoms with E-state index >= 15 is 0 Å². The van der Waals surface area contributed by atoms with Crippen molar-refractivity contribution in [1.29, 1.82) is 0 Å². The number of anilines is 1. The van der Waals surface area contributed by atoms with Crippen molar-refractivity contribution in [3.63, 3.8) is 0 Å². The highest BCUT2D eigenvalue weighted by Gasteiger charge is 2.43. The summed E-state index contributed by atoms with van der Waals surface area (Å²) in [6, 6.07) is 2.02. The summed E-state index contributed by atoms with van der Waals surface area (Å²) in [5.74, 6) is -1.36. The van der Waals surface area contributed by atoms with Crippen LogP contribution in [-0.4, -0.2) is 42.2 Å². The number of hydrogen-bond acceptors (Lipinski definition) is 4. The van der Waals surface area contributed by atoms with Crippen molar-refractivity contribution in [3.8, 4) is 0 Å². The van der Waals surface area contributed by atoms with Crippen LogP contribution in [0.25, 0.3) is 10.9 Å². The van der Waals surface area contributed by atoms with E-state index in [0.29, 0.717) is 18.7 Å². The van der Waals surface area contributed by atoms with Crippen molar-refractivity contribution < 1.29 is 31.1 Å². The van der Waals surface area contributed by atoms with E-state index in [2.05, 4.69) is 10.3 Å². The standard InChI is InChI=1S/C19H20F6N4O/c1-10-7-11(28-17(30)16(26)19(23,24)25)9-29(8-10)14-5-4-13(18(20,21)22)15-12(14)3-2-6-27-15/h2-6,10-11,16H,7-9,26H2,1H3,(H,28,30)/t10-,11+,16?/m0/s1. The van der Waals surface area contributed by atoms with Crippen molar-refractivity contribution in [2.75, 3.05) is 18.0 Å². The largest absolute Gasteiger partial charge is 0.418 e. The molecule has 2 aromatic rings. The lowest BCUT2D eigenvalue weighted by atomic mass is 9.94. The number of pyridine rings is 1. The van der Waals surface area contributed by atoms with E-state index in [1.165, 1.54) is 24.4 Å². The number of aromatic nitrogens is 1.